The van der Waals surface area contributed by atoms with E-state index in [1.54, 1.807) is 55.1 Å². The highest BCUT2D eigenvalue weighted by Crippen LogP contribution is 2.37. The number of carbonyl (C=O) groups is 2. The summed E-state index contributed by atoms with van der Waals surface area (Å²) in [4.78, 5) is 40.5. The summed E-state index contributed by atoms with van der Waals surface area (Å²) in [5, 5.41) is 5.62. The Balaban J connectivity index is 1.37. The van der Waals surface area contributed by atoms with Crippen LogP contribution < -0.4 is 16.2 Å². The first-order chi connectivity index (χ1) is 19.8. The number of carbonyl (C=O) groups excluding carboxylic acids is 2. The lowest BCUT2D eigenvalue weighted by Crippen LogP contribution is -2.25. The Morgan fingerprint density at radius 2 is 1.49 bits per heavy atom. The summed E-state index contributed by atoms with van der Waals surface area (Å²) in [5.41, 5.74) is 3.15. The van der Waals surface area contributed by atoms with E-state index in [-0.39, 0.29) is 23.1 Å². The molecule has 2 N–H and O–H groups in total. The Bertz CT molecular complexity index is 1750. The van der Waals surface area contributed by atoms with Gasteiger partial charge < -0.3 is 10.6 Å². The van der Waals surface area contributed by atoms with Crippen LogP contribution in [0, 0.1) is 6.92 Å². The van der Waals surface area contributed by atoms with E-state index in [2.05, 4.69) is 10.6 Å². The van der Waals surface area contributed by atoms with Gasteiger partial charge in [0.25, 0.3) is 11.5 Å². The standard InChI is InChI=1S/C32H27ClN4O3S/c1-21-28(32(40)37(36(21)2)26-14-7-4-8-15-26)35-31(39)29(22-10-5-3-6-11-22)41-27-18-16-25(17-19-27)34-30(38)23-12-9-13-24(33)20-23/h3-20,29H,1-2H3,(H,34,38)(H,35,39). The summed E-state index contributed by atoms with van der Waals surface area (Å²) in [7, 11) is 1.79. The Hall–Kier alpha value is -4.53. The number of nitrogens with one attached hydrogen (secondary N) is 2. The maximum absolute atomic E-state index is 13.7. The van der Waals surface area contributed by atoms with Gasteiger partial charge in [-0.25, -0.2) is 4.68 Å². The number of hydrogen-bond acceptors (Lipinski definition) is 4. The van der Waals surface area contributed by atoms with Gasteiger partial charge in [-0.2, -0.15) is 0 Å². The molecule has 0 aliphatic rings. The molecule has 0 spiro atoms. The van der Waals surface area contributed by atoms with Gasteiger partial charge in [0.2, 0.25) is 5.91 Å². The molecular formula is C32H27ClN4O3S. The third-order valence-corrected chi connectivity index (χ3v) is 8.10. The summed E-state index contributed by atoms with van der Waals surface area (Å²) in [6, 6.07) is 32.7. The highest BCUT2D eigenvalue weighted by Gasteiger charge is 2.26. The van der Waals surface area contributed by atoms with E-state index in [4.69, 9.17) is 11.6 Å². The maximum atomic E-state index is 13.7. The van der Waals surface area contributed by atoms with Gasteiger partial charge in [0.15, 0.2) is 0 Å². The van der Waals surface area contributed by atoms with E-state index in [9.17, 15) is 14.4 Å². The van der Waals surface area contributed by atoms with Crippen LogP contribution in [-0.4, -0.2) is 21.2 Å². The van der Waals surface area contributed by atoms with Gasteiger partial charge in [0, 0.05) is 28.2 Å². The van der Waals surface area contributed by atoms with Crippen molar-refractivity contribution >= 4 is 46.6 Å². The van der Waals surface area contributed by atoms with E-state index < -0.39 is 5.25 Å². The van der Waals surface area contributed by atoms with Crippen LogP contribution in [0.4, 0.5) is 11.4 Å². The fraction of sp³-hybridized carbons (Fsp3) is 0.0938. The molecular weight excluding hydrogens is 556 g/mol. The van der Waals surface area contributed by atoms with Crippen molar-refractivity contribution in [2.75, 3.05) is 10.6 Å². The zero-order chi connectivity index (χ0) is 28.9. The molecule has 2 amide bonds. The van der Waals surface area contributed by atoms with Gasteiger partial charge in [-0.05, 0) is 67.1 Å². The quantitative estimate of drug-likeness (QED) is 0.196. The van der Waals surface area contributed by atoms with Crippen LogP contribution in [0.2, 0.25) is 5.02 Å². The van der Waals surface area contributed by atoms with Gasteiger partial charge in [0.05, 0.1) is 11.4 Å². The Morgan fingerprint density at radius 1 is 0.829 bits per heavy atom. The lowest BCUT2D eigenvalue weighted by molar-refractivity contribution is -0.115. The molecule has 1 aromatic heterocycles. The first-order valence-corrected chi connectivity index (χ1v) is 14.1. The highest BCUT2D eigenvalue weighted by atomic mass is 35.5. The van der Waals surface area contributed by atoms with E-state index in [1.807, 2.05) is 72.8 Å². The van der Waals surface area contributed by atoms with Crippen molar-refractivity contribution < 1.29 is 9.59 Å². The topological polar surface area (TPSA) is 85.1 Å². The molecule has 7 nitrogen and oxygen atoms in total. The fourth-order valence-corrected chi connectivity index (χ4v) is 5.60. The van der Waals surface area contributed by atoms with Crippen molar-refractivity contribution in [3.05, 3.63) is 141 Å². The number of hydrogen-bond donors (Lipinski definition) is 2. The molecule has 1 atom stereocenters. The molecule has 41 heavy (non-hydrogen) atoms. The smallest absolute Gasteiger partial charge is 0.295 e. The predicted molar refractivity (Wildman–Crippen MR) is 165 cm³/mol. The van der Waals surface area contributed by atoms with Crippen molar-refractivity contribution in [1.82, 2.24) is 9.36 Å². The molecule has 1 heterocycles. The average Bonchev–Trinajstić information content (AvgIpc) is 3.20. The molecule has 5 aromatic rings. The van der Waals surface area contributed by atoms with Crippen LogP contribution in [-0.2, 0) is 11.8 Å². The summed E-state index contributed by atoms with van der Waals surface area (Å²) in [6.07, 6.45) is 0. The first-order valence-electron chi connectivity index (χ1n) is 12.9. The SMILES string of the molecule is Cc1c(NC(=O)C(Sc2ccc(NC(=O)c3cccc(Cl)c3)cc2)c2ccccc2)c(=O)n(-c2ccccc2)n1C. The minimum absolute atomic E-state index is 0.238. The third kappa shape index (κ3) is 6.29. The van der Waals surface area contributed by atoms with Crippen molar-refractivity contribution in [1.29, 1.82) is 0 Å². The molecule has 0 radical (unpaired) electrons. The van der Waals surface area contributed by atoms with Gasteiger partial charge in [-0.3, -0.25) is 19.1 Å². The van der Waals surface area contributed by atoms with Crippen molar-refractivity contribution in [2.45, 2.75) is 17.1 Å². The number of amides is 2. The molecule has 4 aromatic carbocycles. The molecule has 206 valence electrons. The first kappa shape index (κ1) is 28.0. The van der Waals surface area contributed by atoms with Crippen LogP contribution in [0.15, 0.2) is 119 Å². The maximum Gasteiger partial charge on any atom is 0.295 e. The number of anilines is 2. The minimum Gasteiger partial charge on any atom is -0.322 e. The van der Waals surface area contributed by atoms with Crippen LogP contribution in [0.3, 0.4) is 0 Å². The van der Waals surface area contributed by atoms with Crippen molar-refractivity contribution in [3.63, 3.8) is 0 Å². The number of benzene rings is 4. The molecule has 0 aliphatic carbocycles. The lowest BCUT2D eigenvalue weighted by atomic mass is 10.1. The lowest BCUT2D eigenvalue weighted by Gasteiger charge is -2.17. The van der Waals surface area contributed by atoms with Crippen molar-refractivity contribution in [3.8, 4) is 5.69 Å². The molecule has 0 bridgehead atoms. The number of nitrogens with zero attached hydrogens (tertiary/aromatic N) is 2. The summed E-state index contributed by atoms with van der Waals surface area (Å²) < 4.78 is 3.26. The summed E-state index contributed by atoms with van der Waals surface area (Å²) in [6.45, 7) is 1.80. The molecule has 5 rings (SSSR count). The molecule has 0 aliphatic heterocycles. The second-order valence-corrected chi connectivity index (χ2v) is 10.9. The molecule has 0 fully saturated rings. The summed E-state index contributed by atoms with van der Waals surface area (Å²) >= 11 is 7.36. The van der Waals surface area contributed by atoms with E-state index in [0.717, 1.165) is 10.5 Å². The average molecular weight is 583 g/mol. The number of halogens is 1. The van der Waals surface area contributed by atoms with Gasteiger partial charge in [-0.15, -0.1) is 11.8 Å². The van der Waals surface area contributed by atoms with E-state index in [0.29, 0.717) is 27.7 Å². The third-order valence-electron chi connectivity index (χ3n) is 6.60. The monoisotopic (exact) mass is 582 g/mol. The molecule has 1 unspecified atom stereocenters. The Labute approximate surface area is 246 Å². The van der Waals surface area contributed by atoms with Crippen LogP contribution in [0.5, 0.6) is 0 Å². The zero-order valence-electron chi connectivity index (χ0n) is 22.4. The van der Waals surface area contributed by atoms with Crippen LogP contribution in [0.25, 0.3) is 5.69 Å². The second kappa shape index (κ2) is 12.3. The Kier molecular flexibility index (Phi) is 8.42. The second-order valence-electron chi connectivity index (χ2n) is 9.32. The number of rotatable bonds is 8. The molecule has 0 saturated carbocycles. The van der Waals surface area contributed by atoms with E-state index >= 15 is 0 Å². The molecule has 9 heteroatoms. The normalized spacial score (nSPS) is 11.6. The summed E-state index contributed by atoms with van der Waals surface area (Å²) in [5.74, 6) is -0.584. The van der Waals surface area contributed by atoms with Crippen molar-refractivity contribution in [2.24, 2.45) is 7.05 Å². The van der Waals surface area contributed by atoms with Crippen LogP contribution in [0.1, 0.15) is 26.9 Å². The molecule has 0 saturated heterocycles. The number of aromatic nitrogens is 2. The Morgan fingerprint density at radius 3 is 2.15 bits per heavy atom. The fourth-order valence-electron chi connectivity index (χ4n) is 4.39. The van der Waals surface area contributed by atoms with Crippen LogP contribution >= 0.6 is 23.4 Å². The van der Waals surface area contributed by atoms with Gasteiger partial charge in [-0.1, -0.05) is 66.2 Å². The predicted octanol–water partition coefficient (Wildman–Crippen LogP) is 6.86. The minimum atomic E-state index is -0.632. The largest absolute Gasteiger partial charge is 0.322 e. The highest BCUT2D eigenvalue weighted by molar-refractivity contribution is 8.00. The van der Waals surface area contributed by atoms with E-state index in [1.165, 1.54) is 16.4 Å². The number of thioether (sulfide) groups is 1. The number of para-hydroxylation sites is 1. The zero-order valence-corrected chi connectivity index (χ0v) is 23.9. The van der Waals surface area contributed by atoms with Gasteiger partial charge in [0.1, 0.15) is 10.9 Å². The van der Waals surface area contributed by atoms with Gasteiger partial charge >= 0.3 is 0 Å².